The summed E-state index contributed by atoms with van der Waals surface area (Å²) in [6, 6.07) is 3.99. The molecule has 0 aliphatic rings. The van der Waals surface area contributed by atoms with Crippen molar-refractivity contribution >= 4 is 37.5 Å². The van der Waals surface area contributed by atoms with Crippen LogP contribution in [-0.2, 0) is 6.54 Å². The number of hydrogen-bond acceptors (Lipinski definition) is 5. The number of nitrogens with zero attached hydrogens (tertiary/aromatic N) is 3. The zero-order chi connectivity index (χ0) is 14.1. The Morgan fingerprint density at radius 3 is 3.10 bits per heavy atom. The van der Waals surface area contributed by atoms with Gasteiger partial charge < -0.3 is 0 Å². The average Bonchev–Trinajstić information content (AvgIpc) is 3.07. The minimum absolute atomic E-state index is 0.147. The number of aromatic nitrogens is 3. The maximum absolute atomic E-state index is 5.77. The number of hydrazine groups is 1. The summed E-state index contributed by atoms with van der Waals surface area (Å²) in [6.45, 7) is 2.84. The van der Waals surface area contributed by atoms with E-state index in [0.29, 0.717) is 0 Å². The highest BCUT2D eigenvalue weighted by Gasteiger charge is 2.21. The van der Waals surface area contributed by atoms with Crippen LogP contribution in [0.5, 0.6) is 0 Å². The molecule has 0 fully saturated rings. The first kappa shape index (κ1) is 13.7. The van der Waals surface area contributed by atoms with E-state index in [1.54, 1.807) is 17.5 Å². The van der Waals surface area contributed by atoms with Gasteiger partial charge in [-0.25, -0.2) is 5.43 Å². The van der Waals surface area contributed by atoms with Gasteiger partial charge in [0.25, 0.3) is 0 Å². The van der Waals surface area contributed by atoms with E-state index in [1.165, 1.54) is 0 Å². The van der Waals surface area contributed by atoms with Crippen molar-refractivity contribution in [3.05, 3.63) is 45.6 Å². The highest BCUT2D eigenvalue weighted by Crippen LogP contribution is 2.30. The molecule has 0 spiro atoms. The lowest BCUT2D eigenvalue weighted by molar-refractivity contribution is 0.541. The van der Waals surface area contributed by atoms with Crippen molar-refractivity contribution in [3.8, 4) is 0 Å². The summed E-state index contributed by atoms with van der Waals surface area (Å²) in [5.41, 5.74) is 5.91. The number of fused-ring (bicyclic) bond motifs is 1. The Bertz CT molecular complexity index is 735. The Morgan fingerprint density at radius 2 is 2.35 bits per heavy atom. The van der Waals surface area contributed by atoms with Crippen molar-refractivity contribution in [1.82, 2.24) is 20.2 Å². The smallest absolute Gasteiger partial charge is 0.0905 e. The van der Waals surface area contributed by atoms with Crippen LogP contribution in [0.15, 0.2) is 34.4 Å². The fourth-order valence-corrected chi connectivity index (χ4v) is 3.58. The molecule has 3 aromatic rings. The Hall–Kier alpha value is -1.28. The summed E-state index contributed by atoms with van der Waals surface area (Å²) in [4.78, 5) is 4.47. The second kappa shape index (κ2) is 5.61. The second-order valence-corrected chi connectivity index (χ2v) is 6.17. The van der Waals surface area contributed by atoms with Gasteiger partial charge in [-0.3, -0.25) is 15.5 Å². The van der Waals surface area contributed by atoms with Crippen molar-refractivity contribution in [3.63, 3.8) is 0 Å². The monoisotopic (exact) mass is 351 g/mol. The maximum atomic E-state index is 5.77. The zero-order valence-corrected chi connectivity index (χ0v) is 13.3. The van der Waals surface area contributed by atoms with E-state index in [1.807, 2.05) is 22.3 Å². The summed E-state index contributed by atoms with van der Waals surface area (Å²) >= 11 is 5.22. The van der Waals surface area contributed by atoms with Crippen LogP contribution >= 0.6 is 27.3 Å². The van der Waals surface area contributed by atoms with Crippen LogP contribution < -0.4 is 11.3 Å². The molecule has 104 valence electrons. The molecule has 0 aliphatic carbocycles. The Labute approximate surface area is 128 Å². The predicted molar refractivity (Wildman–Crippen MR) is 84.4 cm³/mol. The predicted octanol–water partition coefficient (Wildman–Crippen LogP) is 2.83. The lowest BCUT2D eigenvalue weighted by Gasteiger charge is -2.18. The van der Waals surface area contributed by atoms with Crippen LogP contribution in [0, 0.1) is 0 Å². The quantitative estimate of drug-likeness (QED) is 0.560. The van der Waals surface area contributed by atoms with Crippen molar-refractivity contribution < 1.29 is 0 Å². The molecule has 0 radical (unpaired) electrons. The van der Waals surface area contributed by atoms with Crippen LogP contribution in [0.3, 0.4) is 0 Å². The normalized spacial score (nSPS) is 12.9. The molecular formula is C13H14BrN5S. The minimum atomic E-state index is -0.147. The van der Waals surface area contributed by atoms with Gasteiger partial charge in [-0.1, -0.05) is 0 Å². The topological polar surface area (TPSA) is 68.8 Å². The third kappa shape index (κ3) is 2.26. The van der Waals surface area contributed by atoms with Crippen molar-refractivity contribution in [2.75, 3.05) is 0 Å². The van der Waals surface area contributed by atoms with Crippen LogP contribution in [0.25, 0.3) is 10.2 Å². The molecule has 3 N–H and O–H groups in total. The molecule has 0 aliphatic heterocycles. The van der Waals surface area contributed by atoms with E-state index in [-0.39, 0.29) is 6.04 Å². The number of hydrogen-bond donors (Lipinski definition) is 2. The number of nitrogens with one attached hydrogen (secondary N) is 1. The van der Waals surface area contributed by atoms with Crippen molar-refractivity contribution in [2.45, 2.75) is 19.5 Å². The van der Waals surface area contributed by atoms with E-state index in [9.17, 15) is 0 Å². The van der Waals surface area contributed by atoms with Crippen molar-refractivity contribution in [1.29, 1.82) is 0 Å². The van der Waals surface area contributed by atoms with E-state index in [0.717, 1.165) is 32.5 Å². The molecule has 0 saturated carbocycles. The molecule has 7 heteroatoms. The van der Waals surface area contributed by atoms with Crippen LogP contribution in [-0.4, -0.2) is 14.8 Å². The van der Waals surface area contributed by atoms with Crippen LogP contribution in [0.2, 0.25) is 0 Å². The highest BCUT2D eigenvalue weighted by molar-refractivity contribution is 9.10. The lowest BCUT2D eigenvalue weighted by Crippen LogP contribution is -2.31. The molecule has 0 saturated heterocycles. The summed E-state index contributed by atoms with van der Waals surface area (Å²) in [7, 11) is 0. The maximum Gasteiger partial charge on any atom is 0.0905 e. The van der Waals surface area contributed by atoms with Gasteiger partial charge >= 0.3 is 0 Å². The van der Waals surface area contributed by atoms with Gasteiger partial charge in [-0.2, -0.15) is 5.10 Å². The van der Waals surface area contributed by atoms with Gasteiger partial charge in [0, 0.05) is 12.7 Å². The summed E-state index contributed by atoms with van der Waals surface area (Å²) in [5.74, 6) is 5.77. The molecule has 0 bridgehead atoms. The molecule has 20 heavy (non-hydrogen) atoms. The van der Waals surface area contributed by atoms with Crippen molar-refractivity contribution in [2.24, 2.45) is 5.84 Å². The van der Waals surface area contributed by atoms with Gasteiger partial charge in [0.15, 0.2) is 0 Å². The Kier molecular flexibility index (Phi) is 3.84. The number of nitrogens with two attached hydrogens (primary N) is 1. The number of aryl methyl sites for hydroxylation is 1. The van der Waals surface area contributed by atoms with E-state index in [4.69, 9.17) is 5.84 Å². The van der Waals surface area contributed by atoms with Gasteiger partial charge in [0.2, 0.25) is 0 Å². The number of thiophene rings is 1. The van der Waals surface area contributed by atoms with E-state index in [2.05, 4.69) is 44.4 Å². The second-order valence-electron chi connectivity index (χ2n) is 4.37. The SMILES string of the molecule is CCn1ncc(Br)c1C(NN)c1cnc2ccsc2c1. The zero-order valence-electron chi connectivity index (χ0n) is 10.9. The first-order valence-corrected chi connectivity index (χ1v) is 7.92. The summed E-state index contributed by atoms with van der Waals surface area (Å²) in [5, 5.41) is 6.38. The number of halogens is 1. The van der Waals surface area contributed by atoms with E-state index < -0.39 is 0 Å². The third-order valence-corrected chi connectivity index (χ3v) is 4.69. The molecule has 5 nitrogen and oxygen atoms in total. The van der Waals surface area contributed by atoms with Crippen LogP contribution in [0.1, 0.15) is 24.2 Å². The van der Waals surface area contributed by atoms with Gasteiger partial charge in [-0.15, -0.1) is 11.3 Å². The third-order valence-electron chi connectivity index (χ3n) is 3.23. The first-order chi connectivity index (χ1) is 9.74. The summed E-state index contributed by atoms with van der Waals surface area (Å²) in [6.07, 6.45) is 3.65. The molecule has 3 aromatic heterocycles. The lowest BCUT2D eigenvalue weighted by atomic mass is 10.1. The van der Waals surface area contributed by atoms with Crippen LogP contribution in [0.4, 0.5) is 0 Å². The van der Waals surface area contributed by atoms with E-state index >= 15 is 0 Å². The Balaban J connectivity index is 2.10. The molecule has 3 rings (SSSR count). The molecular weight excluding hydrogens is 338 g/mol. The number of pyridine rings is 1. The molecule has 0 amide bonds. The average molecular weight is 352 g/mol. The van der Waals surface area contributed by atoms with Gasteiger partial charge in [-0.05, 0) is 45.9 Å². The molecule has 0 aromatic carbocycles. The minimum Gasteiger partial charge on any atom is -0.271 e. The number of rotatable bonds is 4. The Morgan fingerprint density at radius 1 is 1.50 bits per heavy atom. The standard InChI is InChI=1S/C13H14BrN5S/c1-2-19-13(9(14)7-17-19)12(18-15)8-5-11-10(16-6-8)3-4-20-11/h3-7,12,18H,2,15H2,1H3. The van der Waals surface area contributed by atoms with Gasteiger partial charge in [0.05, 0.1) is 32.6 Å². The largest absolute Gasteiger partial charge is 0.271 e. The molecule has 1 unspecified atom stereocenters. The highest BCUT2D eigenvalue weighted by atomic mass is 79.9. The fraction of sp³-hybridized carbons (Fsp3) is 0.231. The molecule has 3 heterocycles. The summed E-state index contributed by atoms with van der Waals surface area (Å²) < 4.78 is 4.02. The van der Waals surface area contributed by atoms with Gasteiger partial charge in [0.1, 0.15) is 0 Å². The first-order valence-electron chi connectivity index (χ1n) is 6.25. The molecule has 1 atom stereocenters. The fourth-order valence-electron chi connectivity index (χ4n) is 2.26.